The van der Waals surface area contributed by atoms with Crippen molar-refractivity contribution in [2.45, 2.75) is 117 Å². The van der Waals surface area contributed by atoms with Crippen molar-refractivity contribution in [1.82, 2.24) is 0 Å². The van der Waals surface area contributed by atoms with Crippen molar-refractivity contribution in [2.24, 2.45) is 0 Å². The fourth-order valence-corrected chi connectivity index (χ4v) is 6.96. The molecule has 0 radical (unpaired) electrons. The zero-order chi connectivity index (χ0) is 23.9. The van der Waals surface area contributed by atoms with Crippen molar-refractivity contribution < 1.29 is 18.0 Å². The second kappa shape index (κ2) is 21.6. The van der Waals surface area contributed by atoms with E-state index in [1.54, 1.807) is 0 Å². The van der Waals surface area contributed by atoms with Gasteiger partial charge in [0.15, 0.2) is 0 Å². The third-order valence-corrected chi connectivity index (χ3v) is 9.13. The Morgan fingerprint density at radius 2 is 0.909 bits per heavy atom. The van der Waals surface area contributed by atoms with Crippen LogP contribution in [-0.4, -0.2) is 35.2 Å². The van der Waals surface area contributed by atoms with E-state index in [-0.39, 0.29) is 0 Å². The zero-order valence-electron chi connectivity index (χ0n) is 22.0. The number of para-hydroxylation sites is 1. The smallest absolute Gasteiger partial charge is 0.494 e. The van der Waals surface area contributed by atoms with Crippen molar-refractivity contribution >= 4 is 8.80 Å². The summed E-state index contributed by atoms with van der Waals surface area (Å²) in [7, 11) is -2.42. The third kappa shape index (κ3) is 16.4. The molecule has 1 aromatic carbocycles. The van der Waals surface area contributed by atoms with E-state index in [0.29, 0.717) is 19.8 Å². The Kier molecular flexibility index (Phi) is 19.8. The number of hydrogen-bond acceptors (Lipinski definition) is 4. The van der Waals surface area contributed by atoms with Crippen LogP contribution >= 0.6 is 0 Å². The highest BCUT2D eigenvalue weighted by Gasteiger charge is 2.39. The molecule has 0 saturated heterocycles. The Morgan fingerprint density at radius 1 is 0.515 bits per heavy atom. The van der Waals surface area contributed by atoms with Crippen LogP contribution in [0.15, 0.2) is 30.3 Å². The van der Waals surface area contributed by atoms with Crippen LogP contribution in [0.1, 0.15) is 111 Å². The first-order valence-corrected chi connectivity index (χ1v) is 15.8. The van der Waals surface area contributed by atoms with Gasteiger partial charge in [-0.15, -0.1) is 0 Å². The maximum Gasteiger partial charge on any atom is 0.500 e. The lowest BCUT2D eigenvalue weighted by Gasteiger charge is -2.28. The first-order chi connectivity index (χ1) is 16.3. The summed E-state index contributed by atoms with van der Waals surface area (Å²) in [5, 5.41) is 0. The van der Waals surface area contributed by atoms with Crippen molar-refractivity contribution in [3.63, 3.8) is 0 Å². The first-order valence-electron chi connectivity index (χ1n) is 13.9. The van der Waals surface area contributed by atoms with Gasteiger partial charge in [-0.2, -0.15) is 0 Å². The van der Waals surface area contributed by atoms with Crippen molar-refractivity contribution in [3.8, 4) is 5.75 Å². The quantitative estimate of drug-likeness (QED) is 0.110. The SMILES string of the molecule is CCO[Si](CCCCCCCCCCCCCCCCOc1ccccc1)(OCC)OCC. The van der Waals surface area contributed by atoms with Crippen LogP contribution in [0.2, 0.25) is 6.04 Å². The van der Waals surface area contributed by atoms with E-state index in [1.807, 2.05) is 51.1 Å². The molecule has 0 aliphatic carbocycles. The zero-order valence-corrected chi connectivity index (χ0v) is 23.0. The molecule has 0 spiro atoms. The fourth-order valence-electron chi connectivity index (χ4n) is 4.27. The van der Waals surface area contributed by atoms with Crippen molar-refractivity contribution in [3.05, 3.63) is 30.3 Å². The van der Waals surface area contributed by atoms with Crippen molar-refractivity contribution in [2.75, 3.05) is 26.4 Å². The van der Waals surface area contributed by atoms with Gasteiger partial charge in [0.25, 0.3) is 0 Å². The van der Waals surface area contributed by atoms with Crippen LogP contribution in [0, 0.1) is 0 Å². The monoisotopic (exact) mass is 480 g/mol. The van der Waals surface area contributed by atoms with Crippen LogP contribution in [0.4, 0.5) is 0 Å². The predicted octanol–water partition coefficient (Wildman–Crippen LogP) is 8.58. The number of benzene rings is 1. The molecule has 192 valence electrons. The molecule has 0 unspecified atom stereocenters. The van der Waals surface area contributed by atoms with E-state index >= 15 is 0 Å². The standard InChI is InChI=1S/C28H52O4Si/c1-4-30-33(31-5-2,32-6-3)27-23-18-16-14-12-10-8-7-9-11-13-15-17-22-26-29-28-24-20-19-21-25-28/h19-21,24-25H,4-18,22-23,26-27H2,1-3H3. The predicted molar refractivity (Wildman–Crippen MR) is 142 cm³/mol. The Balaban J connectivity index is 1.84. The molecule has 1 aromatic rings. The van der Waals surface area contributed by atoms with E-state index in [1.165, 1.54) is 83.5 Å². The first kappa shape index (κ1) is 30.1. The molecule has 0 atom stereocenters. The maximum atomic E-state index is 5.94. The topological polar surface area (TPSA) is 36.9 Å². The minimum atomic E-state index is -2.42. The molecule has 0 aliphatic rings. The maximum absolute atomic E-state index is 5.94. The summed E-state index contributed by atoms with van der Waals surface area (Å²) in [5.74, 6) is 0.992. The lowest BCUT2D eigenvalue weighted by atomic mass is 10.0. The molecular formula is C28H52O4Si. The van der Waals surface area contributed by atoms with E-state index in [4.69, 9.17) is 18.0 Å². The van der Waals surface area contributed by atoms with Gasteiger partial charge in [-0.05, 0) is 45.7 Å². The van der Waals surface area contributed by atoms with E-state index in [2.05, 4.69) is 0 Å². The fraction of sp³-hybridized carbons (Fsp3) is 0.786. The second-order valence-corrected chi connectivity index (χ2v) is 11.6. The lowest BCUT2D eigenvalue weighted by Crippen LogP contribution is -2.45. The molecule has 0 aliphatic heterocycles. The highest BCUT2D eigenvalue weighted by molar-refractivity contribution is 6.60. The highest BCUT2D eigenvalue weighted by atomic mass is 28.4. The summed E-state index contributed by atoms with van der Waals surface area (Å²) in [6.45, 7) is 8.97. The van der Waals surface area contributed by atoms with Crippen LogP contribution in [0.5, 0.6) is 5.75 Å². The highest BCUT2D eigenvalue weighted by Crippen LogP contribution is 2.21. The molecule has 0 bridgehead atoms. The van der Waals surface area contributed by atoms with Gasteiger partial charge in [0.05, 0.1) is 6.61 Å². The summed E-state index contributed by atoms with van der Waals surface area (Å²) in [6, 6.07) is 11.1. The molecule has 0 fully saturated rings. The number of ether oxygens (including phenoxy) is 1. The largest absolute Gasteiger partial charge is 0.500 e. The van der Waals surface area contributed by atoms with Gasteiger partial charge in [-0.3, -0.25) is 0 Å². The molecule has 0 N–H and O–H groups in total. The average molecular weight is 481 g/mol. The third-order valence-electron chi connectivity index (χ3n) is 5.98. The van der Waals surface area contributed by atoms with Gasteiger partial charge < -0.3 is 18.0 Å². The minimum absolute atomic E-state index is 0.677. The molecule has 4 nitrogen and oxygen atoms in total. The Bertz CT molecular complexity index is 509. The van der Waals surface area contributed by atoms with E-state index in [0.717, 1.165) is 24.8 Å². The van der Waals surface area contributed by atoms with Gasteiger partial charge >= 0.3 is 8.80 Å². The number of hydrogen-bond donors (Lipinski definition) is 0. The van der Waals surface area contributed by atoms with Gasteiger partial charge in [0.1, 0.15) is 5.75 Å². The molecule has 0 amide bonds. The van der Waals surface area contributed by atoms with Crippen LogP contribution < -0.4 is 4.74 Å². The lowest BCUT2D eigenvalue weighted by molar-refractivity contribution is 0.0706. The Hall–Kier alpha value is -0.883. The number of unbranched alkanes of at least 4 members (excludes halogenated alkanes) is 13. The van der Waals surface area contributed by atoms with Gasteiger partial charge in [-0.25, -0.2) is 0 Å². The second-order valence-electron chi connectivity index (χ2n) is 8.84. The Labute approximate surface area is 206 Å². The summed E-state index contributed by atoms with van der Waals surface area (Å²) in [6.07, 6.45) is 18.7. The van der Waals surface area contributed by atoms with E-state index in [9.17, 15) is 0 Å². The molecular weight excluding hydrogens is 428 g/mol. The molecule has 33 heavy (non-hydrogen) atoms. The molecule has 0 aromatic heterocycles. The van der Waals surface area contributed by atoms with Gasteiger partial charge in [0, 0.05) is 25.9 Å². The number of rotatable bonds is 24. The van der Waals surface area contributed by atoms with Gasteiger partial charge in [0.2, 0.25) is 0 Å². The van der Waals surface area contributed by atoms with E-state index < -0.39 is 8.80 Å². The molecule has 0 heterocycles. The summed E-state index contributed by atoms with van der Waals surface area (Å²) in [4.78, 5) is 0. The summed E-state index contributed by atoms with van der Waals surface area (Å²) < 4.78 is 23.6. The Morgan fingerprint density at radius 3 is 1.33 bits per heavy atom. The summed E-state index contributed by atoms with van der Waals surface area (Å²) in [5.41, 5.74) is 0. The molecule has 5 heteroatoms. The van der Waals surface area contributed by atoms with Crippen LogP contribution in [0.3, 0.4) is 0 Å². The van der Waals surface area contributed by atoms with Gasteiger partial charge in [-0.1, -0.05) is 95.2 Å². The minimum Gasteiger partial charge on any atom is -0.494 e. The average Bonchev–Trinajstić information content (AvgIpc) is 2.82. The van der Waals surface area contributed by atoms with Crippen LogP contribution in [0.25, 0.3) is 0 Å². The summed E-state index contributed by atoms with van der Waals surface area (Å²) >= 11 is 0. The molecule has 0 saturated carbocycles. The molecule has 1 rings (SSSR count). The van der Waals surface area contributed by atoms with Crippen LogP contribution in [-0.2, 0) is 13.3 Å². The normalized spacial score (nSPS) is 11.7. The van der Waals surface area contributed by atoms with Crippen molar-refractivity contribution in [1.29, 1.82) is 0 Å².